The van der Waals surface area contributed by atoms with Crippen molar-refractivity contribution in [3.05, 3.63) is 0 Å². The van der Waals surface area contributed by atoms with E-state index < -0.39 is 5.54 Å². The second-order valence-corrected chi connectivity index (χ2v) is 7.70. The Morgan fingerprint density at radius 1 is 1.45 bits per heavy atom. The van der Waals surface area contributed by atoms with Gasteiger partial charge in [0.15, 0.2) is 0 Å². The summed E-state index contributed by atoms with van der Waals surface area (Å²) in [6.45, 7) is 6.73. The first-order valence-corrected chi connectivity index (χ1v) is 8.90. The van der Waals surface area contributed by atoms with Crippen molar-refractivity contribution in [2.75, 3.05) is 12.9 Å². The number of nitrogens with one attached hydrogen (secondary N) is 1. The Labute approximate surface area is 126 Å². The molecule has 1 amide bonds. The molecule has 2 saturated carbocycles. The summed E-state index contributed by atoms with van der Waals surface area (Å²) in [7, 11) is 0. The fraction of sp³-hybridized carbons (Fsp3) is 0.933. The van der Waals surface area contributed by atoms with E-state index in [2.05, 4.69) is 11.6 Å². The predicted molar refractivity (Wildman–Crippen MR) is 83.8 cm³/mol. The van der Waals surface area contributed by atoms with Gasteiger partial charge in [-0.1, -0.05) is 20.3 Å². The number of rotatable bonds is 5. The summed E-state index contributed by atoms with van der Waals surface area (Å²) < 4.78 is 5.69. The van der Waals surface area contributed by atoms with Gasteiger partial charge in [0.1, 0.15) is 5.54 Å². The smallest absolute Gasteiger partial charge is 0.241 e. The third kappa shape index (κ3) is 2.48. The van der Waals surface area contributed by atoms with Gasteiger partial charge in [0.2, 0.25) is 5.91 Å². The minimum atomic E-state index is -0.793. The van der Waals surface area contributed by atoms with Crippen LogP contribution in [0.25, 0.3) is 0 Å². The van der Waals surface area contributed by atoms with Crippen molar-refractivity contribution in [1.29, 1.82) is 0 Å². The first-order valence-electron chi connectivity index (χ1n) is 7.61. The van der Waals surface area contributed by atoms with Crippen LogP contribution in [0.5, 0.6) is 0 Å². The number of thioether (sulfide) groups is 1. The third-order valence-electron chi connectivity index (χ3n) is 5.31. The van der Waals surface area contributed by atoms with E-state index in [0.717, 1.165) is 6.42 Å². The molecule has 2 rings (SSSR count). The van der Waals surface area contributed by atoms with Crippen LogP contribution in [0.1, 0.15) is 46.5 Å². The SMILES string of the molecule is CCOC1CC(N)(C(=O)NC2CCCC2SC)C1(C)C. The Morgan fingerprint density at radius 2 is 2.15 bits per heavy atom. The van der Waals surface area contributed by atoms with Crippen LogP contribution in [0.2, 0.25) is 0 Å². The summed E-state index contributed by atoms with van der Waals surface area (Å²) in [5.41, 5.74) is 5.31. The van der Waals surface area contributed by atoms with Crippen molar-refractivity contribution >= 4 is 17.7 Å². The topological polar surface area (TPSA) is 64.3 Å². The van der Waals surface area contributed by atoms with Crippen LogP contribution >= 0.6 is 11.8 Å². The van der Waals surface area contributed by atoms with Crippen LogP contribution in [0.15, 0.2) is 0 Å². The Hall–Kier alpha value is -0.260. The third-order valence-corrected chi connectivity index (χ3v) is 6.48. The van der Waals surface area contributed by atoms with Gasteiger partial charge < -0.3 is 15.8 Å². The van der Waals surface area contributed by atoms with Crippen LogP contribution in [0.3, 0.4) is 0 Å². The molecular formula is C15H28N2O2S. The van der Waals surface area contributed by atoms with Crippen molar-refractivity contribution in [2.24, 2.45) is 11.1 Å². The first-order chi connectivity index (χ1) is 9.36. The molecule has 2 aliphatic carbocycles. The van der Waals surface area contributed by atoms with Crippen LogP contribution in [-0.2, 0) is 9.53 Å². The molecule has 3 N–H and O–H groups in total. The monoisotopic (exact) mass is 300 g/mol. The number of ether oxygens (including phenoxy) is 1. The molecule has 0 aromatic rings. The fourth-order valence-electron chi connectivity index (χ4n) is 3.49. The standard InChI is InChI=1S/C15H28N2O2S/c1-5-19-12-9-15(16,14(12,2)3)13(18)17-10-7-6-8-11(10)20-4/h10-12H,5-9,16H2,1-4H3,(H,17,18). The summed E-state index contributed by atoms with van der Waals surface area (Å²) in [4.78, 5) is 12.6. The molecule has 0 aromatic carbocycles. The Bertz CT molecular complexity index is 375. The molecule has 0 heterocycles. The summed E-state index contributed by atoms with van der Waals surface area (Å²) in [5.74, 6) is 0.00408. The molecule has 116 valence electrons. The highest BCUT2D eigenvalue weighted by Gasteiger charge is 2.63. The second-order valence-electron chi connectivity index (χ2n) is 6.63. The van der Waals surface area contributed by atoms with E-state index in [-0.39, 0.29) is 23.5 Å². The van der Waals surface area contributed by atoms with Crippen LogP contribution < -0.4 is 11.1 Å². The van der Waals surface area contributed by atoms with Crippen LogP contribution in [0, 0.1) is 5.41 Å². The van der Waals surface area contributed by atoms with Crippen molar-refractivity contribution in [3.8, 4) is 0 Å². The Kier molecular flexibility index (Phi) is 4.72. The van der Waals surface area contributed by atoms with E-state index in [4.69, 9.17) is 10.5 Å². The molecule has 5 heteroatoms. The number of hydrogen-bond donors (Lipinski definition) is 2. The Morgan fingerprint density at radius 3 is 2.70 bits per heavy atom. The second kappa shape index (κ2) is 5.85. The van der Waals surface area contributed by atoms with E-state index in [1.807, 2.05) is 32.5 Å². The van der Waals surface area contributed by atoms with Gasteiger partial charge in [-0.05, 0) is 26.0 Å². The Balaban J connectivity index is 1.99. The quantitative estimate of drug-likeness (QED) is 0.814. The van der Waals surface area contributed by atoms with Gasteiger partial charge >= 0.3 is 0 Å². The highest BCUT2D eigenvalue weighted by molar-refractivity contribution is 7.99. The lowest BCUT2D eigenvalue weighted by Gasteiger charge is -2.57. The van der Waals surface area contributed by atoms with Gasteiger partial charge in [-0.25, -0.2) is 0 Å². The average molecular weight is 300 g/mol. The normalized spacial score (nSPS) is 39.4. The average Bonchev–Trinajstić information content (AvgIpc) is 2.85. The lowest BCUT2D eigenvalue weighted by atomic mass is 9.54. The van der Waals surface area contributed by atoms with Crippen molar-refractivity contribution in [2.45, 2.75) is 69.4 Å². The number of hydrogen-bond acceptors (Lipinski definition) is 4. The van der Waals surface area contributed by atoms with Crippen molar-refractivity contribution in [1.82, 2.24) is 5.32 Å². The van der Waals surface area contributed by atoms with E-state index in [1.165, 1.54) is 12.8 Å². The van der Waals surface area contributed by atoms with Gasteiger partial charge in [0.05, 0.1) is 6.10 Å². The van der Waals surface area contributed by atoms with Gasteiger partial charge in [-0.3, -0.25) is 4.79 Å². The summed E-state index contributed by atoms with van der Waals surface area (Å²) in [5, 5.41) is 3.74. The molecule has 0 aromatic heterocycles. The van der Waals surface area contributed by atoms with E-state index in [1.54, 1.807) is 0 Å². The van der Waals surface area contributed by atoms with Gasteiger partial charge in [0, 0.05) is 29.7 Å². The van der Waals surface area contributed by atoms with E-state index in [9.17, 15) is 4.79 Å². The van der Waals surface area contributed by atoms with Gasteiger partial charge in [0.25, 0.3) is 0 Å². The molecule has 2 aliphatic rings. The molecule has 4 unspecified atom stereocenters. The molecule has 0 spiro atoms. The molecular weight excluding hydrogens is 272 g/mol. The molecule has 20 heavy (non-hydrogen) atoms. The number of carbonyl (C=O) groups is 1. The maximum Gasteiger partial charge on any atom is 0.241 e. The molecule has 2 fully saturated rings. The highest BCUT2D eigenvalue weighted by Crippen LogP contribution is 2.50. The van der Waals surface area contributed by atoms with Crippen molar-refractivity contribution in [3.63, 3.8) is 0 Å². The van der Waals surface area contributed by atoms with Crippen molar-refractivity contribution < 1.29 is 9.53 Å². The highest BCUT2D eigenvalue weighted by atomic mass is 32.2. The van der Waals surface area contributed by atoms with Crippen LogP contribution in [0.4, 0.5) is 0 Å². The maximum absolute atomic E-state index is 12.6. The number of carbonyl (C=O) groups excluding carboxylic acids is 1. The largest absolute Gasteiger partial charge is 0.378 e. The minimum absolute atomic E-state index is 0.00408. The van der Waals surface area contributed by atoms with E-state index in [0.29, 0.717) is 18.3 Å². The van der Waals surface area contributed by atoms with Crippen LogP contribution in [-0.4, -0.2) is 41.7 Å². The molecule has 4 nitrogen and oxygen atoms in total. The number of amides is 1. The maximum atomic E-state index is 12.6. The minimum Gasteiger partial charge on any atom is -0.378 e. The molecule has 0 radical (unpaired) electrons. The summed E-state index contributed by atoms with van der Waals surface area (Å²) in [6, 6.07) is 0.278. The molecule has 0 bridgehead atoms. The zero-order chi connectivity index (χ0) is 15.0. The molecule has 0 saturated heterocycles. The molecule has 0 aliphatic heterocycles. The lowest BCUT2D eigenvalue weighted by Crippen LogP contribution is -2.76. The first kappa shape index (κ1) is 16.1. The van der Waals surface area contributed by atoms with E-state index >= 15 is 0 Å². The lowest BCUT2D eigenvalue weighted by molar-refractivity contribution is -0.171. The predicted octanol–water partition coefficient (Wildman–Crippen LogP) is 1.92. The fourth-order valence-corrected chi connectivity index (χ4v) is 4.43. The zero-order valence-corrected chi connectivity index (χ0v) is 13.9. The zero-order valence-electron chi connectivity index (χ0n) is 13.1. The van der Waals surface area contributed by atoms with Gasteiger partial charge in [-0.15, -0.1) is 0 Å². The summed E-state index contributed by atoms with van der Waals surface area (Å²) in [6.07, 6.45) is 6.28. The number of nitrogens with two attached hydrogens (primary N) is 1. The molecule has 4 atom stereocenters. The van der Waals surface area contributed by atoms with Gasteiger partial charge in [-0.2, -0.15) is 11.8 Å². The summed E-state index contributed by atoms with van der Waals surface area (Å²) >= 11 is 1.85.